The van der Waals surface area contributed by atoms with Crippen molar-refractivity contribution in [1.29, 1.82) is 0 Å². The number of aromatic nitrogens is 2. The van der Waals surface area contributed by atoms with Crippen LogP contribution in [0.3, 0.4) is 0 Å². The molecule has 1 aromatic heterocycles. The number of benzene rings is 1. The van der Waals surface area contributed by atoms with E-state index in [9.17, 15) is 0 Å². The second kappa shape index (κ2) is 5.92. The van der Waals surface area contributed by atoms with Gasteiger partial charge in [0.05, 0.1) is 26.1 Å². The molecule has 1 fully saturated rings. The highest BCUT2D eigenvalue weighted by Gasteiger charge is 2.38. The van der Waals surface area contributed by atoms with Crippen molar-refractivity contribution < 1.29 is 9.47 Å². The van der Waals surface area contributed by atoms with Crippen LogP contribution in [0.1, 0.15) is 5.56 Å². The van der Waals surface area contributed by atoms with Gasteiger partial charge in [0.15, 0.2) is 0 Å². The second-order valence-corrected chi connectivity index (χ2v) is 4.63. The topological polar surface area (TPSA) is 36.3 Å². The maximum Gasteiger partial charge on any atom is 0.213 e. The van der Waals surface area contributed by atoms with Crippen LogP contribution in [-0.2, 0) is 21.8 Å². The average Bonchev–Trinajstić information content (AvgIpc) is 3.03. The van der Waals surface area contributed by atoms with Gasteiger partial charge in [0, 0.05) is 23.0 Å². The predicted octanol–water partition coefficient (Wildman–Crippen LogP) is 2.86. The number of rotatable bonds is 3. The smallest absolute Gasteiger partial charge is 0.213 e. The summed E-state index contributed by atoms with van der Waals surface area (Å²) >= 11 is 5.91. The van der Waals surface area contributed by atoms with Crippen molar-refractivity contribution in [3.8, 4) is 0 Å². The Kier molecular flexibility index (Phi) is 4.47. The molecule has 0 N–H and O–H groups in total. The van der Waals surface area contributed by atoms with Gasteiger partial charge in [-0.05, 0) is 12.1 Å². The Balaban J connectivity index is 0.00000133. The van der Waals surface area contributed by atoms with Gasteiger partial charge in [0.25, 0.3) is 0 Å². The molecule has 1 aliphatic heterocycles. The zero-order valence-corrected chi connectivity index (χ0v) is 11.7. The number of hydrogen-bond acceptors (Lipinski definition) is 3. The Morgan fingerprint density at radius 2 is 1.89 bits per heavy atom. The van der Waals surface area contributed by atoms with Gasteiger partial charge >= 0.3 is 0 Å². The summed E-state index contributed by atoms with van der Waals surface area (Å²) in [7, 11) is 0. The van der Waals surface area contributed by atoms with E-state index in [0.29, 0.717) is 24.8 Å². The van der Waals surface area contributed by atoms with Crippen molar-refractivity contribution in [2.24, 2.45) is 0 Å². The molecule has 6 heteroatoms. The van der Waals surface area contributed by atoms with Gasteiger partial charge in [-0.1, -0.05) is 23.7 Å². The highest BCUT2D eigenvalue weighted by molar-refractivity contribution is 6.30. The minimum absolute atomic E-state index is 0. The van der Waals surface area contributed by atoms with Crippen LogP contribution in [0.5, 0.6) is 0 Å². The van der Waals surface area contributed by atoms with E-state index in [4.69, 9.17) is 21.1 Å². The first kappa shape index (κ1) is 14.3. The molecular weight excluding hydrogens is 287 g/mol. The monoisotopic (exact) mass is 300 g/mol. The third-order valence-electron chi connectivity index (χ3n) is 2.99. The molecule has 0 radical (unpaired) electrons. The molecule has 102 valence electrons. The van der Waals surface area contributed by atoms with E-state index in [2.05, 4.69) is 4.98 Å². The fourth-order valence-electron chi connectivity index (χ4n) is 2.13. The molecule has 1 saturated heterocycles. The second-order valence-electron chi connectivity index (χ2n) is 4.19. The van der Waals surface area contributed by atoms with E-state index in [1.165, 1.54) is 0 Å². The zero-order chi connectivity index (χ0) is 12.4. The van der Waals surface area contributed by atoms with Crippen LogP contribution in [0.15, 0.2) is 43.0 Å². The summed E-state index contributed by atoms with van der Waals surface area (Å²) in [5.74, 6) is -0.731. The van der Waals surface area contributed by atoms with Crippen molar-refractivity contribution in [1.82, 2.24) is 9.55 Å². The zero-order valence-electron chi connectivity index (χ0n) is 10.2. The molecule has 4 nitrogen and oxygen atoms in total. The summed E-state index contributed by atoms with van der Waals surface area (Å²) < 4.78 is 13.6. The van der Waals surface area contributed by atoms with E-state index in [1.54, 1.807) is 12.5 Å². The van der Waals surface area contributed by atoms with Crippen molar-refractivity contribution in [2.75, 3.05) is 13.2 Å². The van der Waals surface area contributed by atoms with Crippen LogP contribution in [0.4, 0.5) is 0 Å². The van der Waals surface area contributed by atoms with Gasteiger partial charge in [-0.3, -0.25) is 0 Å². The van der Waals surface area contributed by atoms with E-state index < -0.39 is 5.79 Å². The summed E-state index contributed by atoms with van der Waals surface area (Å²) in [6, 6.07) is 7.56. The number of imidazole rings is 1. The Morgan fingerprint density at radius 3 is 2.47 bits per heavy atom. The molecular formula is C13H14Cl2N2O2. The molecule has 0 saturated carbocycles. The fourth-order valence-corrected chi connectivity index (χ4v) is 2.25. The van der Waals surface area contributed by atoms with Crippen molar-refractivity contribution in [2.45, 2.75) is 12.3 Å². The minimum atomic E-state index is -0.731. The number of hydrogen-bond donors (Lipinski definition) is 0. The fraction of sp³-hybridized carbons (Fsp3) is 0.308. The van der Waals surface area contributed by atoms with Gasteiger partial charge in [-0.25, -0.2) is 4.98 Å². The first-order chi connectivity index (χ1) is 8.78. The lowest BCUT2D eigenvalue weighted by molar-refractivity contribution is -0.176. The van der Waals surface area contributed by atoms with Gasteiger partial charge in [0.2, 0.25) is 5.79 Å². The van der Waals surface area contributed by atoms with E-state index in [0.717, 1.165) is 5.56 Å². The van der Waals surface area contributed by atoms with Crippen LogP contribution >= 0.6 is 24.0 Å². The Bertz CT molecular complexity index is 508. The molecule has 19 heavy (non-hydrogen) atoms. The molecule has 1 aliphatic rings. The molecule has 2 aromatic rings. The molecule has 0 aliphatic carbocycles. The lowest BCUT2D eigenvalue weighted by Crippen LogP contribution is -2.32. The van der Waals surface area contributed by atoms with Crippen LogP contribution in [-0.4, -0.2) is 22.8 Å². The summed E-state index contributed by atoms with van der Waals surface area (Å²) in [6.07, 6.45) is 5.38. The van der Waals surface area contributed by atoms with Crippen LogP contribution in [0.25, 0.3) is 0 Å². The quantitative estimate of drug-likeness (QED) is 0.874. The van der Waals surface area contributed by atoms with E-state index >= 15 is 0 Å². The first-order valence-corrected chi connectivity index (χ1v) is 6.16. The molecule has 0 spiro atoms. The average molecular weight is 301 g/mol. The van der Waals surface area contributed by atoms with E-state index in [1.807, 2.05) is 35.0 Å². The van der Waals surface area contributed by atoms with Gasteiger partial charge in [-0.15, -0.1) is 12.4 Å². The third-order valence-corrected chi connectivity index (χ3v) is 3.24. The van der Waals surface area contributed by atoms with E-state index in [-0.39, 0.29) is 12.4 Å². The van der Waals surface area contributed by atoms with Crippen LogP contribution in [0.2, 0.25) is 5.02 Å². The maximum atomic E-state index is 5.91. The largest absolute Gasteiger partial charge is 0.342 e. The lowest BCUT2D eigenvalue weighted by atomic mass is 10.1. The highest BCUT2D eigenvalue weighted by Crippen LogP contribution is 2.33. The molecule has 0 atom stereocenters. The third kappa shape index (κ3) is 2.92. The Hall–Kier alpha value is -1.07. The first-order valence-electron chi connectivity index (χ1n) is 5.78. The summed E-state index contributed by atoms with van der Waals surface area (Å²) in [5, 5.41) is 0.703. The van der Waals surface area contributed by atoms with Crippen molar-refractivity contribution in [3.05, 3.63) is 53.6 Å². The molecule has 1 aromatic carbocycles. The van der Waals surface area contributed by atoms with Gasteiger partial charge in [0.1, 0.15) is 0 Å². The molecule has 0 amide bonds. The molecule has 2 heterocycles. The normalized spacial score (nSPS) is 17.1. The van der Waals surface area contributed by atoms with Crippen molar-refractivity contribution >= 4 is 24.0 Å². The minimum Gasteiger partial charge on any atom is -0.342 e. The summed E-state index contributed by atoms with van der Waals surface area (Å²) in [6.45, 7) is 1.77. The van der Waals surface area contributed by atoms with Gasteiger partial charge in [-0.2, -0.15) is 0 Å². The number of ether oxygens (including phenoxy) is 2. The molecule has 3 rings (SSSR count). The highest BCUT2D eigenvalue weighted by atomic mass is 35.5. The molecule has 0 unspecified atom stereocenters. The number of nitrogens with zero attached hydrogens (tertiary/aromatic N) is 2. The number of halogens is 2. The van der Waals surface area contributed by atoms with Crippen LogP contribution < -0.4 is 0 Å². The predicted molar refractivity (Wildman–Crippen MR) is 74.5 cm³/mol. The van der Waals surface area contributed by atoms with Crippen molar-refractivity contribution in [3.63, 3.8) is 0 Å². The summed E-state index contributed by atoms with van der Waals surface area (Å²) in [4.78, 5) is 4.03. The van der Waals surface area contributed by atoms with Gasteiger partial charge < -0.3 is 14.0 Å². The SMILES string of the molecule is Cl.Clc1ccc(C2(Cn3ccnc3)OCCO2)cc1. The Morgan fingerprint density at radius 1 is 1.21 bits per heavy atom. The summed E-state index contributed by atoms with van der Waals surface area (Å²) in [5.41, 5.74) is 0.970. The standard InChI is InChI=1S/C13H13ClN2O2.ClH/c14-12-3-1-11(2-4-12)13(17-7-8-18-13)9-16-6-5-15-10-16;/h1-6,10H,7-9H2;1H. The lowest BCUT2D eigenvalue weighted by Gasteiger charge is -2.28. The Labute approximate surface area is 122 Å². The maximum absolute atomic E-state index is 5.91. The molecule has 0 bridgehead atoms. The van der Waals surface area contributed by atoms with Crippen LogP contribution in [0, 0.1) is 0 Å².